The predicted octanol–water partition coefficient (Wildman–Crippen LogP) is 1.38. The zero-order valence-electron chi connectivity index (χ0n) is 14.8. The highest BCUT2D eigenvalue weighted by molar-refractivity contribution is 6.00. The summed E-state index contributed by atoms with van der Waals surface area (Å²) in [5.41, 5.74) is 0.973. The van der Waals surface area contributed by atoms with Crippen LogP contribution in [0.3, 0.4) is 0 Å². The van der Waals surface area contributed by atoms with Gasteiger partial charge in [-0.15, -0.1) is 0 Å². The molecule has 0 spiro atoms. The van der Waals surface area contributed by atoms with E-state index in [0.717, 1.165) is 5.56 Å². The highest BCUT2D eigenvalue weighted by Crippen LogP contribution is 2.28. The minimum atomic E-state index is -0.519. The molecule has 136 valence electrons. The first-order valence-electron chi connectivity index (χ1n) is 8.41. The van der Waals surface area contributed by atoms with Crippen molar-refractivity contribution in [2.24, 2.45) is 11.8 Å². The van der Waals surface area contributed by atoms with Gasteiger partial charge in [0.1, 0.15) is 5.82 Å². The summed E-state index contributed by atoms with van der Waals surface area (Å²) in [7, 11) is 0. The molecule has 1 atom stereocenters. The second kappa shape index (κ2) is 8.09. The molecule has 6 nitrogen and oxygen atoms in total. The molecular weight excluding hydrogens is 325 g/mol. The van der Waals surface area contributed by atoms with Crippen molar-refractivity contribution >= 4 is 23.4 Å². The number of hydrogen-bond donors (Lipinski definition) is 2. The predicted molar refractivity (Wildman–Crippen MR) is 92.5 cm³/mol. The first-order chi connectivity index (χ1) is 11.8. The van der Waals surface area contributed by atoms with Crippen LogP contribution in [0.1, 0.15) is 25.8 Å². The molecule has 2 N–H and O–H groups in total. The third-order valence-electron chi connectivity index (χ3n) is 4.14. The molecule has 1 aromatic carbocycles. The Hall–Kier alpha value is -2.44. The highest BCUT2D eigenvalue weighted by Gasteiger charge is 2.36. The van der Waals surface area contributed by atoms with Gasteiger partial charge in [0.05, 0.1) is 11.6 Å². The number of amides is 3. The minimum Gasteiger partial charge on any atom is -0.354 e. The second-order valence-electron chi connectivity index (χ2n) is 6.60. The summed E-state index contributed by atoms with van der Waals surface area (Å²) in [4.78, 5) is 37.1. The molecule has 25 heavy (non-hydrogen) atoms. The number of rotatable bonds is 6. The average Bonchev–Trinajstić information content (AvgIpc) is 2.93. The van der Waals surface area contributed by atoms with Crippen LogP contribution in [-0.4, -0.2) is 37.4 Å². The first-order valence-corrected chi connectivity index (χ1v) is 8.41. The molecule has 1 aliphatic heterocycles. The second-order valence-corrected chi connectivity index (χ2v) is 6.60. The zero-order valence-corrected chi connectivity index (χ0v) is 14.8. The highest BCUT2D eigenvalue weighted by atomic mass is 19.1. The number of nitrogens with zero attached hydrogens (tertiary/aromatic N) is 1. The van der Waals surface area contributed by atoms with E-state index in [1.807, 2.05) is 0 Å². The summed E-state index contributed by atoms with van der Waals surface area (Å²) < 4.78 is 14.1. The van der Waals surface area contributed by atoms with Gasteiger partial charge in [-0.3, -0.25) is 14.4 Å². The number of carbonyl (C=O) groups excluding carboxylic acids is 3. The number of hydrogen-bond acceptors (Lipinski definition) is 3. The van der Waals surface area contributed by atoms with Gasteiger partial charge in [-0.1, -0.05) is 19.9 Å². The van der Waals surface area contributed by atoms with Gasteiger partial charge in [-0.05, 0) is 24.6 Å². The van der Waals surface area contributed by atoms with Crippen molar-refractivity contribution < 1.29 is 18.8 Å². The number of anilines is 1. The molecule has 7 heteroatoms. The van der Waals surface area contributed by atoms with Crippen molar-refractivity contribution in [3.05, 3.63) is 29.6 Å². The van der Waals surface area contributed by atoms with E-state index in [-0.39, 0.29) is 42.3 Å². The molecule has 0 aliphatic carbocycles. The molecule has 1 aliphatic rings. The van der Waals surface area contributed by atoms with Crippen LogP contribution < -0.4 is 15.5 Å². The van der Waals surface area contributed by atoms with Gasteiger partial charge in [0.15, 0.2) is 0 Å². The van der Waals surface area contributed by atoms with Gasteiger partial charge in [-0.25, -0.2) is 4.39 Å². The van der Waals surface area contributed by atoms with Gasteiger partial charge < -0.3 is 15.5 Å². The molecule has 0 radical (unpaired) electrons. The summed E-state index contributed by atoms with van der Waals surface area (Å²) in [6.07, 6.45) is 0.0531. The van der Waals surface area contributed by atoms with Crippen molar-refractivity contribution in [1.29, 1.82) is 0 Å². The Morgan fingerprint density at radius 2 is 1.96 bits per heavy atom. The Labute approximate surface area is 146 Å². The molecule has 0 saturated carbocycles. The summed E-state index contributed by atoms with van der Waals surface area (Å²) >= 11 is 0. The lowest BCUT2D eigenvalue weighted by molar-refractivity contribution is -0.126. The number of nitrogens with one attached hydrogen (secondary N) is 2. The maximum Gasteiger partial charge on any atom is 0.227 e. The van der Waals surface area contributed by atoms with Crippen molar-refractivity contribution in [3.63, 3.8) is 0 Å². The Kier molecular flexibility index (Phi) is 6.12. The summed E-state index contributed by atoms with van der Waals surface area (Å²) in [5, 5.41) is 5.41. The molecule has 1 fully saturated rings. The molecule has 3 amide bonds. The van der Waals surface area contributed by atoms with Crippen LogP contribution in [0.5, 0.6) is 0 Å². The average molecular weight is 349 g/mol. The molecule has 1 saturated heterocycles. The quantitative estimate of drug-likeness (QED) is 0.762. The monoisotopic (exact) mass is 349 g/mol. The van der Waals surface area contributed by atoms with E-state index in [9.17, 15) is 18.8 Å². The zero-order chi connectivity index (χ0) is 18.6. The van der Waals surface area contributed by atoms with Crippen LogP contribution in [0.25, 0.3) is 0 Å². The van der Waals surface area contributed by atoms with Crippen molar-refractivity contribution in [2.45, 2.75) is 27.2 Å². The maximum absolute atomic E-state index is 14.1. The minimum absolute atomic E-state index is 0.0531. The van der Waals surface area contributed by atoms with E-state index in [0.29, 0.717) is 13.1 Å². The van der Waals surface area contributed by atoms with Crippen molar-refractivity contribution in [2.75, 3.05) is 24.5 Å². The first kappa shape index (κ1) is 18.9. The largest absolute Gasteiger partial charge is 0.354 e. The van der Waals surface area contributed by atoms with Gasteiger partial charge in [0, 0.05) is 32.0 Å². The van der Waals surface area contributed by atoms with Crippen LogP contribution >= 0.6 is 0 Å². The molecule has 2 rings (SSSR count). The molecule has 1 heterocycles. The van der Waals surface area contributed by atoms with E-state index in [2.05, 4.69) is 10.6 Å². The Balaban J connectivity index is 1.87. The standard InChI is InChI=1S/C18H24FN3O3/c1-11(2)17(24)20-6-7-21-18(25)13-9-16(23)22(10-13)15-5-4-12(3)8-14(15)19/h4-5,8,11,13H,6-7,9-10H2,1-3H3,(H,20,24)(H,21,25)/t13-/m1/s1. The van der Waals surface area contributed by atoms with E-state index >= 15 is 0 Å². The molecule has 0 bridgehead atoms. The molecular formula is C18H24FN3O3. The molecule has 0 aromatic heterocycles. The lowest BCUT2D eigenvalue weighted by Crippen LogP contribution is -2.39. The van der Waals surface area contributed by atoms with Crippen LogP contribution in [0.4, 0.5) is 10.1 Å². The smallest absolute Gasteiger partial charge is 0.227 e. The lowest BCUT2D eigenvalue weighted by Gasteiger charge is -2.18. The van der Waals surface area contributed by atoms with Crippen molar-refractivity contribution in [3.8, 4) is 0 Å². The summed E-state index contributed by atoms with van der Waals surface area (Å²) in [6.45, 7) is 6.13. The fourth-order valence-electron chi connectivity index (χ4n) is 2.67. The third-order valence-corrected chi connectivity index (χ3v) is 4.14. The molecule has 1 aromatic rings. The van der Waals surface area contributed by atoms with Crippen LogP contribution in [0, 0.1) is 24.6 Å². The van der Waals surface area contributed by atoms with Gasteiger partial charge in [-0.2, -0.15) is 0 Å². The van der Waals surface area contributed by atoms with Crippen LogP contribution in [0.15, 0.2) is 18.2 Å². The van der Waals surface area contributed by atoms with Gasteiger partial charge >= 0.3 is 0 Å². The lowest BCUT2D eigenvalue weighted by atomic mass is 10.1. The number of halogens is 1. The Bertz CT molecular complexity index is 676. The SMILES string of the molecule is Cc1ccc(N2C[C@H](C(=O)NCCNC(=O)C(C)C)CC2=O)c(F)c1. The van der Waals surface area contributed by atoms with Gasteiger partial charge in [0.2, 0.25) is 17.7 Å². The Morgan fingerprint density at radius 1 is 1.28 bits per heavy atom. The fourth-order valence-corrected chi connectivity index (χ4v) is 2.67. The van der Waals surface area contributed by atoms with Crippen molar-refractivity contribution in [1.82, 2.24) is 10.6 Å². The van der Waals surface area contributed by atoms with Crippen LogP contribution in [-0.2, 0) is 14.4 Å². The summed E-state index contributed by atoms with van der Waals surface area (Å²) in [5.74, 6) is -1.70. The number of aryl methyl sites for hydroxylation is 1. The van der Waals surface area contributed by atoms with E-state index in [4.69, 9.17) is 0 Å². The maximum atomic E-state index is 14.1. The normalized spacial score (nSPS) is 17.1. The topological polar surface area (TPSA) is 78.5 Å². The molecule has 0 unspecified atom stereocenters. The van der Waals surface area contributed by atoms with Gasteiger partial charge in [0.25, 0.3) is 0 Å². The van der Waals surface area contributed by atoms with Crippen LogP contribution in [0.2, 0.25) is 0 Å². The van der Waals surface area contributed by atoms with E-state index in [1.165, 1.54) is 11.0 Å². The van der Waals surface area contributed by atoms with E-state index in [1.54, 1.807) is 32.9 Å². The summed E-state index contributed by atoms with van der Waals surface area (Å²) in [6, 6.07) is 4.66. The van der Waals surface area contributed by atoms with E-state index < -0.39 is 11.7 Å². The third kappa shape index (κ3) is 4.78. The Morgan fingerprint density at radius 3 is 2.60 bits per heavy atom. The fraction of sp³-hybridized carbons (Fsp3) is 0.500. The number of benzene rings is 1. The number of carbonyl (C=O) groups is 3.